The molecule has 0 amide bonds. The van der Waals surface area contributed by atoms with Gasteiger partial charge in [0.05, 0.1) is 29.6 Å². The molecule has 8 rings (SSSR count). The molecule has 0 saturated heterocycles. The van der Waals surface area contributed by atoms with Crippen molar-refractivity contribution in [3.8, 4) is 11.1 Å². The van der Waals surface area contributed by atoms with E-state index in [1.807, 2.05) is 6.07 Å². The molecule has 2 N–H and O–H groups in total. The number of nitrogens with one attached hydrogen (secondary N) is 2. The topological polar surface area (TPSA) is 87.5 Å². The normalized spacial score (nSPS) is 16.4. The first kappa shape index (κ1) is 33.6. The highest BCUT2D eigenvalue weighted by molar-refractivity contribution is 5.95. The van der Waals surface area contributed by atoms with Gasteiger partial charge in [0, 0.05) is 63.9 Å². The molecule has 262 valence electrons. The third kappa shape index (κ3) is 5.59. The molecule has 3 aliphatic rings. The Labute approximate surface area is 305 Å². The summed E-state index contributed by atoms with van der Waals surface area (Å²) in [5, 5.41) is 0. The van der Waals surface area contributed by atoms with Gasteiger partial charge in [0.25, 0.3) is 0 Å². The highest BCUT2D eigenvalue weighted by Gasteiger charge is 2.36. The van der Waals surface area contributed by atoms with Crippen LogP contribution in [0.15, 0.2) is 79.6 Å². The lowest BCUT2D eigenvalue weighted by Gasteiger charge is -2.16. The molecule has 8 bridgehead atoms. The Morgan fingerprint density at radius 3 is 2.35 bits per heavy atom. The molecule has 52 heavy (non-hydrogen) atoms. The molecule has 7 nitrogen and oxygen atoms in total. The van der Waals surface area contributed by atoms with E-state index < -0.39 is 0 Å². The summed E-state index contributed by atoms with van der Waals surface area (Å²) in [7, 11) is 1.46. The fourth-order valence-corrected chi connectivity index (χ4v) is 8.55. The van der Waals surface area contributed by atoms with Gasteiger partial charge in [-0.25, -0.2) is 4.98 Å². The quantitative estimate of drug-likeness (QED) is 0.132. The van der Waals surface area contributed by atoms with Gasteiger partial charge in [-0.2, -0.15) is 4.57 Å². The zero-order valence-electron chi connectivity index (χ0n) is 31.0. The van der Waals surface area contributed by atoms with E-state index in [0.29, 0.717) is 12.8 Å². The van der Waals surface area contributed by atoms with Crippen molar-refractivity contribution in [3.05, 3.63) is 130 Å². The molecule has 0 radical (unpaired) electrons. The summed E-state index contributed by atoms with van der Waals surface area (Å²) >= 11 is 0. The summed E-state index contributed by atoms with van der Waals surface area (Å²) < 4.78 is 7.17. The number of rotatable bonds is 7. The predicted molar refractivity (Wildman–Crippen MR) is 210 cm³/mol. The first-order valence-corrected chi connectivity index (χ1v) is 18.5. The molecule has 7 heteroatoms. The number of esters is 1. The summed E-state index contributed by atoms with van der Waals surface area (Å²) in [5.41, 5.74) is 20.0. The molecule has 5 aromatic rings. The molecule has 1 aliphatic carbocycles. The lowest BCUT2D eigenvalue weighted by molar-refractivity contribution is -0.578. The second-order valence-electron chi connectivity index (χ2n) is 14.5. The minimum atomic E-state index is -0.191. The maximum absolute atomic E-state index is 12.4. The van der Waals surface area contributed by atoms with Crippen molar-refractivity contribution in [2.45, 2.75) is 78.6 Å². The smallest absolute Gasteiger partial charge is 0.305 e. The van der Waals surface area contributed by atoms with Gasteiger partial charge >= 0.3 is 5.97 Å². The summed E-state index contributed by atoms with van der Waals surface area (Å²) in [6.07, 6.45) is 7.97. The Morgan fingerprint density at radius 2 is 1.62 bits per heavy atom. The van der Waals surface area contributed by atoms with Crippen LogP contribution in [0.3, 0.4) is 0 Å². The zero-order valence-corrected chi connectivity index (χ0v) is 31.0. The Morgan fingerprint density at radius 1 is 0.904 bits per heavy atom. The second-order valence-corrected chi connectivity index (χ2v) is 14.5. The number of pyridine rings is 1. The van der Waals surface area contributed by atoms with Crippen LogP contribution >= 0.6 is 0 Å². The molecular formula is C45H46N5O2+. The molecule has 2 atom stereocenters. The molecule has 0 unspecified atom stereocenters. The van der Waals surface area contributed by atoms with Crippen molar-refractivity contribution in [1.29, 1.82) is 0 Å². The Hall–Kier alpha value is -5.56. The number of hydrogen-bond acceptors (Lipinski definition) is 4. The summed E-state index contributed by atoms with van der Waals surface area (Å²) in [6, 6.07) is 21.4. The molecule has 2 aliphatic heterocycles. The molecule has 1 aromatic carbocycles. The van der Waals surface area contributed by atoms with E-state index in [1.54, 1.807) is 0 Å². The minimum absolute atomic E-state index is 0.0840. The fraction of sp³-hybridized carbons (Fsp3) is 0.289. The molecule has 6 heterocycles. The standard InChI is InChI=1S/C45H46N5O2/c1-8-32-25(2)36-24-41-43(29(6)50-20-18-31(19-21-50)30-12-10-9-11-13-30)28(5)39(47-41)22-37-27(4)34(16-17-42(51)52-7)45(48-37)35-15-14-33-26(3)38(49-44(33)35)23-40(32)46-36/h9-13,18-24,27,34,46-47H,6,8,14-17H2,1-5,7H3/q+1/t27-,34-/m0/s1. The van der Waals surface area contributed by atoms with Gasteiger partial charge in [-0.15, -0.1) is 0 Å². The van der Waals surface area contributed by atoms with Crippen LogP contribution in [-0.4, -0.2) is 33.0 Å². The lowest BCUT2D eigenvalue weighted by atomic mass is 9.85. The van der Waals surface area contributed by atoms with Crippen LogP contribution in [0.4, 0.5) is 0 Å². The maximum Gasteiger partial charge on any atom is 0.305 e. The van der Waals surface area contributed by atoms with Crippen LogP contribution in [-0.2, 0) is 22.4 Å². The summed E-state index contributed by atoms with van der Waals surface area (Å²) in [6.45, 7) is 15.7. The number of allylic oxidation sites excluding steroid dienone is 2. The number of ether oxygens (including phenoxy) is 1. The van der Waals surface area contributed by atoms with Crippen LogP contribution < -0.4 is 4.57 Å². The highest BCUT2D eigenvalue weighted by atomic mass is 16.5. The molecule has 0 fully saturated rings. The van der Waals surface area contributed by atoms with Gasteiger partial charge in [-0.05, 0) is 110 Å². The third-order valence-electron chi connectivity index (χ3n) is 11.7. The number of fused-ring (bicyclic) bond motifs is 8. The monoisotopic (exact) mass is 688 g/mol. The number of hydrogen-bond donors (Lipinski definition) is 2. The van der Waals surface area contributed by atoms with E-state index in [4.69, 9.17) is 14.7 Å². The van der Waals surface area contributed by atoms with Crippen LogP contribution in [0.5, 0.6) is 0 Å². The number of methoxy groups -OCH3 is 1. The minimum Gasteiger partial charge on any atom is -0.469 e. The van der Waals surface area contributed by atoms with Crippen LogP contribution in [0.25, 0.3) is 50.0 Å². The van der Waals surface area contributed by atoms with E-state index in [-0.39, 0.29) is 17.8 Å². The maximum atomic E-state index is 12.4. The van der Waals surface area contributed by atoms with Crippen molar-refractivity contribution in [2.75, 3.05) is 7.11 Å². The van der Waals surface area contributed by atoms with Gasteiger partial charge in [-0.3, -0.25) is 9.78 Å². The number of aryl methyl sites for hydroxylation is 3. The van der Waals surface area contributed by atoms with E-state index in [1.165, 1.54) is 40.5 Å². The average Bonchev–Trinajstić information content (AvgIpc) is 3.94. The van der Waals surface area contributed by atoms with Gasteiger partial charge in [0.2, 0.25) is 5.70 Å². The molecular weight excluding hydrogens is 643 g/mol. The Kier molecular flexibility index (Phi) is 8.53. The number of carbonyl (C=O) groups excluding carboxylic acids is 1. The molecule has 0 spiro atoms. The largest absolute Gasteiger partial charge is 0.469 e. The molecule has 0 saturated carbocycles. The van der Waals surface area contributed by atoms with Crippen molar-refractivity contribution >= 4 is 44.9 Å². The Balaban J connectivity index is 1.39. The lowest BCUT2D eigenvalue weighted by Crippen LogP contribution is -2.31. The number of aromatic amines is 2. The first-order valence-electron chi connectivity index (χ1n) is 18.5. The van der Waals surface area contributed by atoms with Crippen LogP contribution in [0, 0.1) is 13.8 Å². The van der Waals surface area contributed by atoms with Crippen molar-refractivity contribution in [3.63, 3.8) is 0 Å². The summed E-state index contributed by atoms with van der Waals surface area (Å²) in [4.78, 5) is 30.7. The Bertz CT molecular complexity index is 2470. The average molecular weight is 689 g/mol. The number of benzene rings is 1. The van der Waals surface area contributed by atoms with Gasteiger partial charge < -0.3 is 14.7 Å². The third-order valence-corrected chi connectivity index (χ3v) is 11.7. The SMILES string of the molecule is C=C(c1c(C)c2cc3nc(c4c5nc(cc6[nH]c(cc1[nH]2)c(C)c6CC)C(C)=C5CC4)[C@@H](CCC(=O)OC)[C@@H]3C)[n+]1ccc(-c2ccccc2)cc1. The van der Waals surface area contributed by atoms with Gasteiger partial charge in [0.1, 0.15) is 0 Å². The molecule has 4 aromatic heterocycles. The van der Waals surface area contributed by atoms with E-state index in [9.17, 15) is 4.79 Å². The van der Waals surface area contributed by atoms with Crippen molar-refractivity contribution in [2.24, 2.45) is 0 Å². The predicted octanol–water partition coefficient (Wildman–Crippen LogP) is 9.68. The number of aromatic nitrogens is 5. The highest BCUT2D eigenvalue weighted by Crippen LogP contribution is 2.47. The fourth-order valence-electron chi connectivity index (χ4n) is 8.55. The first-order chi connectivity index (χ1) is 25.2. The van der Waals surface area contributed by atoms with Gasteiger partial charge in [0.15, 0.2) is 12.4 Å². The zero-order chi connectivity index (χ0) is 36.3. The van der Waals surface area contributed by atoms with E-state index in [2.05, 4.69) is 123 Å². The van der Waals surface area contributed by atoms with Crippen LogP contribution in [0.2, 0.25) is 0 Å². The number of H-pyrrole nitrogens is 2. The van der Waals surface area contributed by atoms with Crippen LogP contribution in [0.1, 0.15) is 102 Å². The second kappa shape index (κ2) is 13.2. The van der Waals surface area contributed by atoms with Gasteiger partial charge in [-0.1, -0.05) is 44.2 Å². The van der Waals surface area contributed by atoms with E-state index >= 15 is 0 Å². The van der Waals surface area contributed by atoms with Crippen molar-refractivity contribution in [1.82, 2.24) is 19.9 Å². The number of nitrogens with zero attached hydrogens (tertiary/aromatic N) is 3. The summed E-state index contributed by atoms with van der Waals surface area (Å²) in [5.74, 6) is -0.0000499. The number of carbonyl (C=O) groups is 1. The van der Waals surface area contributed by atoms with Crippen molar-refractivity contribution < 1.29 is 14.1 Å². The van der Waals surface area contributed by atoms with E-state index in [0.717, 1.165) is 86.5 Å².